The van der Waals surface area contributed by atoms with Gasteiger partial charge < -0.3 is 19.5 Å². The minimum atomic E-state index is -0.949. The summed E-state index contributed by atoms with van der Waals surface area (Å²) in [6, 6.07) is 14.9. The molecule has 1 saturated heterocycles. The normalized spacial score (nSPS) is 19.9. The first kappa shape index (κ1) is 31.0. The van der Waals surface area contributed by atoms with Gasteiger partial charge in [-0.1, -0.05) is 41.7 Å². The number of hydrogen-bond donors (Lipinski definition) is 1. The number of aryl methyl sites for hydroxylation is 1. The van der Waals surface area contributed by atoms with Gasteiger partial charge in [0.1, 0.15) is 33.5 Å². The number of hydrogen-bond acceptors (Lipinski definition) is 8. The molecule has 2 aliphatic rings. The maximum Gasteiger partial charge on any atom is 0.332 e. The molecule has 2 atom stereocenters. The lowest BCUT2D eigenvalue weighted by Gasteiger charge is -2.37. The van der Waals surface area contributed by atoms with E-state index >= 15 is 0 Å². The van der Waals surface area contributed by atoms with E-state index in [0.717, 1.165) is 10.1 Å². The summed E-state index contributed by atoms with van der Waals surface area (Å²) < 4.78 is 37.2. The molecule has 2 fully saturated rings. The molecule has 1 amide bonds. The first-order valence-electron chi connectivity index (χ1n) is 15.5. The molecule has 1 saturated carbocycles. The van der Waals surface area contributed by atoms with E-state index in [1.54, 1.807) is 30.1 Å². The van der Waals surface area contributed by atoms with Crippen LogP contribution in [0.2, 0.25) is 0 Å². The van der Waals surface area contributed by atoms with E-state index in [2.05, 4.69) is 10.4 Å². The Balaban J connectivity index is 1.28. The van der Waals surface area contributed by atoms with Gasteiger partial charge >= 0.3 is 5.69 Å². The molecule has 3 aromatic heterocycles. The van der Waals surface area contributed by atoms with Gasteiger partial charge in [0.05, 0.1) is 37.9 Å². The third-order valence-electron chi connectivity index (χ3n) is 8.89. The average Bonchev–Trinajstić information content (AvgIpc) is 3.81. The summed E-state index contributed by atoms with van der Waals surface area (Å²) in [7, 11) is 1.49. The van der Waals surface area contributed by atoms with Gasteiger partial charge in [-0.15, -0.1) is 0 Å². The fraction of sp³-hybridized carbons (Fsp3) is 0.353. The summed E-state index contributed by atoms with van der Waals surface area (Å²) in [6.07, 6.45) is 3.87. The van der Waals surface area contributed by atoms with Crippen LogP contribution in [0.5, 0.6) is 5.75 Å². The van der Waals surface area contributed by atoms with E-state index < -0.39 is 29.2 Å². The molecule has 244 valence electrons. The topological polar surface area (TPSA) is 119 Å². The number of ether oxygens (including phenoxy) is 3. The molecule has 4 heterocycles. The molecule has 2 aromatic carbocycles. The first-order valence-corrected chi connectivity index (χ1v) is 16.3. The summed E-state index contributed by atoms with van der Waals surface area (Å²) in [5.74, 6) is -0.462. The van der Waals surface area contributed by atoms with E-state index in [1.165, 1.54) is 41.2 Å². The molecule has 1 N–H and O–H groups in total. The van der Waals surface area contributed by atoms with Crippen molar-refractivity contribution in [2.75, 3.05) is 13.7 Å². The summed E-state index contributed by atoms with van der Waals surface area (Å²) in [5.41, 5.74) is 0.971. The zero-order valence-electron chi connectivity index (χ0n) is 25.9. The van der Waals surface area contributed by atoms with E-state index in [4.69, 9.17) is 14.2 Å². The van der Waals surface area contributed by atoms with Crippen molar-refractivity contribution in [3.8, 4) is 10.8 Å². The largest absolute Gasteiger partial charge is 0.496 e. The zero-order chi connectivity index (χ0) is 32.7. The molecule has 0 unspecified atom stereocenters. The van der Waals surface area contributed by atoms with Crippen LogP contribution in [0.3, 0.4) is 0 Å². The highest BCUT2D eigenvalue weighted by Gasteiger charge is 2.36. The molecule has 1 aliphatic carbocycles. The summed E-state index contributed by atoms with van der Waals surface area (Å²) in [6.45, 7) is 2.59. The van der Waals surface area contributed by atoms with Gasteiger partial charge in [-0.3, -0.25) is 14.2 Å². The second-order valence-corrected chi connectivity index (χ2v) is 12.8. The second kappa shape index (κ2) is 12.9. The number of nitrogens with one attached hydrogen (secondary N) is 1. The van der Waals surface area contributed by atoms with Crippen LogP contribution in [0.15, 0.2) is 76.6 Å². The smallest absolute Gasteiger partial charge is 0.332 e. The van der Waals surface area contributed by atoms with E-state index in [-0.39, 0.29) is 24.7 Å². The molecule has 0 bridgehead atoms. The minimum absolute atomic E-state index is 0.0101. The van der Waals surface area contributed by atoms with Crippen LogP contribution in [0.4, 0.5) is 4.39 Å². The highest BCUT2D eigenvalue weighted by atomic mass is 32.1. The van der Waals surface area contributed by atoms with Crippen LogP contribution >= 0.6 is 11.3 Å². The summed E-state index contributed by atoms with van der Waals surface area (Å²) in [5, 5.41) is 8.07. The van der Waals surface area contributed by atoms with Crippen LogP contribution in [0.25, 0.3) is 15.2 Å². The molecule has 11 nitrogen and oxygen atoms in total. The minimum Gasteiger partial charge on any atom is -0.496 e. The van der Waals surface area contributed by atoms with E-state index in [1.807, 2.05) is 30.3 Å². The lowest BCUT2D eigenvalue weighted by molar-refractivity contribution is -0.134. The number of nitrogens with zero attached hydrogens (tertiary/aromatic N) is 4. The lowest BCUT2D eigenvalue weighted by Crippen LogP contribution is -2.45. The standard InChI is InChI=1S/C34H34FN5O6S/c1-20-29-31(42)40(26-11-13-36-30(26)41)34(43)38(33(29)47-32(20)39-14-6-12-37-39)18-28(25-15-22(35)9-10-27(25)44-2)46-24-16-23(17-24)45-19-21-7-4-3-5-8-21/h3-10,12,14-15,23-24,26,28H,11,13,16-19H2,1-2H3,(H,36,41)/t23?,24?,26-,28+/m1/s1. The van der Waals surface area contributed by atoms with Crippen molar-refractivity contribution in [2.45, 2.75) is 63.7 Å². The molecule has 13 heteroatoms. The van der Waals surface area contributed by atoms with Crippen molar-refractivity contribution in [3.63, 3.8) is 0 Å². The van der Waals surface area contributed by atoms with Crippen molar-refractivity contribution >= 4 is 27.5 Å². The van der Waals surface area contributed by atoms with E-state index in [0.29, 0.717) is 64.5 Å². The molecule has 7 rings (SSSR count). The number of rotatable bonds is 11. The van der Waals surface area contributed by atoms with Crippen molar-refractivity contribution < 1.29 is 23.4 Å². The maximum absolute atomic E-state index is 14.8. The number of benzene rings is 2. The third-order valence-corrected chi connectivity index (χ3v) is 10.2. The third kappa shape index (κ3) is 5.90. The van der Waals surface area contributed by atoms with Gasteiger partial charge in [-0.25, -0.2) is 18.4 Å². The molecule has 47 heavy (non-hydrogen) atoms. The zero-order valence-corrected chi connectivity index (χ0v) is 26.7. The Morgan fingerprint density at radius 2 is 1.89 bits per heavy atom. The van der Waals surface area contributed by atoms with Crippen LogP contribution < -0.4 is 21.3 Å². The van der Waals surface area contributed by atoms with Gasteiger partial charge in [0.2, 0.25) is 5.91 Å². The van der Waals surface area contributed by atoms with Gasteiger partial charge in [0.25, 0.3) is 5.56 Å². The van der Waals surface area contributed by atoms with E-state index in [9.17, 15) is 18.8 Å². The Hall–Kier alpha value is -4.59. The first-order chi connectivity index (χ1) is 22.8. The number of amides is 1. The summed E-state index contributed by atoms with van der Waals surface area (Å²) >= 11 is 1.25. The summed E-state index contributed by atoms with van der Waals surface area (Å²) in [4.78, 5) is 41.6. The van der Waals surface area contributed by atoms with Crippen LogP contribution in [0.1, 0.15) is 48.1 Å². The number of fused-ring (bicyclic) bond motifs is 1. The number of thiophene rings is 1. The lowest BCUT2D eigenvalue weighted by atomic mass is 9.91. The highest BCUT2D eigenvalue weighted by Crippen LogP contribution is 2.38. The Labute approximate surface area is 273 Å². The SMILES string of the molecule is COc1ccc(F)cc1[C@H](Cn1c(=O)n([C@@H]2CCNC2=O)c(=O)c2c(C)c(-n3cccn3)sc21)OC1CC(OCc2ccccc2)C1. The number of halogens is 1. The highest BCUT2D eigenvalue weighted by molar-refractivity contribution is 7.21. The second-order valence-electron chi connectivity index (χ2n) is 11.8. The Morgan fingerprint density at radius 1 is 1.09 bits per heavy atom. The molecule has 5 aromatic rings. The predicted molar refractivity (Wildman–Crippen MR) is 174 cm³/mol. The number of aromatic nitrogens is 4. The van der Waals surface area contributed by atoms with Crippen molar-refractivity contribution in [2.24, 2.45) is 0 Å². The number of carbonyl (C=O) groups is 1. The van der Waals surface area contributed by atoms with Crippen molar-refractivity contribution in [1.82, 2.24) is 24.2 Å². The van der Waals surface area contributed by atoms with Gasteiger partial charge in [-0.05, 0) is 43.2 Å². The fourth-order valence-corrected chi connectivity index (χ4v) is 7.59. The molecular formula is C34H34FN5O6S. The van der Waals surface area contributed by atoms with Crippen molar-refractivity contribution in [3.05, 3.63) is 110 Å². The molecule has 1 aliphatic heterocycles. The molecule has 0 radical (unpaired) electrons. The van der Waals surface area contributed by atoms with Gasteiger partial charge in [0.15, 0.2) is 0 Å². The van der Waals surface area contributed by atoms with Crippen LogP contribution in [-0.2, 0) is 27.4 Å². The molecule has 0 spiro atoms. The monoisotopic (exact) mass is 659 g/mol. The Morgan fingerprint density at radius 3 is 2.60 bits per heavy atom. The average molecular weight is 660 g/mol. The molecular weight excluding hydrogens is 625 g/mol. The Bertz CT molecular complexity index is 2030. The van der Waals surface area contributed by atoms with Crippen LogP contribution in [0, 0.1) is 12.7 Å². The van der Waals surface area contributed by atoms with Crippen molar-refractivity contribution in [1.29, 1.82) is 0 Å². The fourth-order valence-electron chi connectivity index (χ4n) is 6.35. The maximum atomic E-state index is 14.8. The predicted octanol–water partition coefficient (Wildman–Crippen LogP) is 4.43. The van der Waals surface area contributed by atoms with Gasteiger partial charge in [0, 0.05) is 42.9 Å². The van der Waals surface area contributed by atoms with Crippen LogP contribution in [-0.4, -0.2) is 50.7 Å². The van der Waals surface area contributed by atoms with Gasteiger partial charge in [-0.2, -0.15) is 5.10 Å². The number of methoxy groups -OCH3 is 1. The quantitative estimate of drug-likeness (QED) is 0.223. The Kier molecular flexibility index (Phi) is 8.52. The number of carbonyl (C=O) groups excluding carboxylic acids is 1.